The third-order valence-electron chi connectivity index (χ3n) is 3.40. The lowest BCUT2D eigenvalue weighted by atomic mass is 10.3. The molecule has 3 amide bonds. The third kappa shape index (κ3) is 3.36. The summed E-state index contributed by atoms with van der Waals surface area (Å²) < 4.78 is 0. The van der Waals surface area contributed by atoms with Gasteiger partial charge in [0.05, 0.1) is 5.37 Å². The monoisotopic (exact) mass is 301 g/mol. The summed E-state index contributed by atoms with van der Waals surface area (Å²) >= 11 is 1.41. The maximum atomic E-state index is 12.1. The first-order valence-electron chi connectivity index (χ1n) is 6.63. The summed E-state index contributed by atoms with van der Waals surface area (Å²) in [6.45, 7) is 3.38. The molecular formula is C12H19N3O4S. The highest BCUT2D eigenvalue weighted by Crippen LogP contribution is 2.28. The Balaban J connectivity index is 1.92. The molecule has 0 radical (unpaired) electrons. The van der Waals surface area contributed by atoms with E-state index < -0.39 is 24.1 Å². The first-order chi connectivity index (χ1) is 9.40. The zero-order valence-electron chi connectivity index (χ0n) is 11.5. The highest BCUT2D eigenvalue weighted by atomic mass is 32.2. The summed E-state index contributed by atoms with van der Waals surface area (Å²) in [5, 5.41) is 14.3. The summed E-state index contributed by atoms with van der Waals surface area (Å²) in [5.74, 6) is -0.883. The van der Waals surface area contributed by atoms with Crippen molar-refractivity contribution in [3.8, 4) is 0 Å². The number of carboxylic acid groups (broad SMARTS) is 1. The number of thioether (sulfide) groups is 1. The van der Waals surface area contributed by atoms with E-state index in [2.05, 4.69) is 10.6 Å². The van der Waals surface area contributed by atoms with Crippen molar-refractivity contribution in [3.05, 3.63) is 0 Å². The fraction of sp³-hybridized carbons (Fsp3) is 0.750. The van der Waals surface area contributed by atoms with Gasteiger partial charge in [-0.25, -0.2) is 9.59 Å². The van der Waals surface area contributed by atoms with Crippen LogP contribution in [0.3, 0.4) is 0 Å². The standard InChI is InChI=1S/C12H19N3O4S/c1-6(10(16)14-8-3-4-8)13-12(19)15-7(2)20-5-9(15)11(17)18/h6-9H,3-5H2,1-2H3,(H,13,19)(H,14,16)(H,17,18). The summed E-state index contributed by atoms with van der Waals surface area (Å²) in [6, 6.07) is -1.78. The zero-order chi connectivity index (χ0) is 14.9. The van der Waals surface area contributed by atoms with E-state index in [4.69, 9.17) is 5.11 Å². The van der Waals surface area contributed by atoms with Crippen molar-refractivity contribution in [3.63, 3.8) is 0 Å². The van der Waals surface area contributed by atoms with Crippen molar-refractivity contribution in [1.82, 2.24) is 15.5 Å². The first kappa shape index (κ1) is 15.0. The minimum Gasteiger partial charge on any atom is -0.480 e. The van der Waals surface area contributed by atoms with Gasteiger partial charge in [-0.3, -0.25) is 9.69 Å². The molecule has 3 atom stereocenters. The van der Waals surface area contributed by atoms with Gasteiger partial charge in [-0.05, 0) is 26.7 Å². The number of nitrogens with zero attached hydrogens (tertiary/aromatic N) is 1. The summed E-state index contributed by atoms with van der Waals surface area (Å²) in [7, 11) is 0. The Morgan fingerprint density at radius 2 is 2.00 bits per heavy atom. The molecule has 20 heavy (non-hydrogen) atoms. The number of aliphatic carboxylic acids is 1. The predicted molar refractivity (Wildman–Crippen MR) is 74.3 cm³/mol. The fourth-order valence-corrected chi connectivity index (χ4v) is 3.19. The lowest BCUT2D eigenvalue weighted by Gasteiger charge is -2.26. The van der Waals surface area contributed by atoms with Crippen molar-refractivity contribution in [2.45, 2.75) is 50.2 Å². The number of urea groups is 1. The molecule has 2 rings (SSSR count). The number of hydrogen-bond donors (Lipinski definition) is 3. The number of carboxylic acids is 1. The van der Waals surface area contributed by atoms with Crippen LogP contribution in [0.2, 0.25) is 0 Å². The van der Waals surface area contributed by atoms with Crippen molar-refractivity contribution in [2.75, 3.05) is 5.75 Å². The second kappa shape index (κ2) is 5.90. The predicted octanol–water partition coefficient (Wildman–Crippen LogP) is 0.211. The molecule has 112 valence electrons. The van der Waals surface area contributed by atoms with Crippen LogP contribution in [0.1, 0.15) is 26.7 Å². The van der Waals surface area contributed by atoms with Crippen LogP contribution in [0.15, 0.2) is 0 Å². The van der Waals surface area contributed by atoms with Gasteiger partial charge in [-0.1, -0.05) is 0 Å². The molecule has 0 bridgehead atoms. The normalized spacial score (nSPS) is 27.0. The SMILES string of the molecule is CC(NC(=O)N1C(C)SCC1C(=O)O)C(=O)NC1CC1. The quantitative estimate of drug-likeness (QED) is 0.689. The van der Waals surface area contributed by atoms with E-state index in [1.165, 1.54) is 16.7 Å². The molecule has 7 nitrogen and oxygen atoms in total. The Kier molecular flexibility index (Phi) is 4.42. The van der Waals surface area contributed by atoms with E-state index in [1.807, 2.05) is 0 Å². The second-order valence-corrected chi connectivity index (χ2v) is 6.50. The third-order valence-corrected chi connectivity index (χ3v) is 4.62. The summed E-state index contributed by atoms with van der Waals surface area (Å²) in [5.41, 5.74) is 0. The van der Waals surface area contributed by atoms with Gasteiger partial charge in [0.1, 0.15) is 12.1 Å². The van der Waals surface area contributed by atoms with E-state index in [-0.39, 0.29) is 17.3 Å². The lowest BCUT2D eigenvalue weighted by Crippen LogP contribution is -2.54. The number of hydrogen-bond acceptors (Lipinski definition) is 4. The molecule has 1 heterocycles. The maximum Gasteiger partial charge on any atom is 0.327 e. The number of carbonyl (C=O) groups is 3. The fourth-order valence-electron chi connectivity index (χ4n) is 2.02. The molecule has 1 saturated carbocycles. The number of carbonyl (C=O) groups excluding carboxylic acids is 2. The van der Waals surface area contributed by atoms with Crippen LogP contribution < -0.4 is 10.6 Å². The second-order valence-electron chi connectivity index (χ2n) is 5.15. The van der Waals surface area contributed by atoms with Crippen molar-refractivity contribution < 1.29 is 19.5 Å². The topological polar surface area (TPSA) is 98.7 Å². The van der Waals surface area contributed by atoms with Crippen LogP contribution >= 0.6 is 11.8 Å². The van der Waals surface area contributed by atoms with Gasteiger partial charge in [0.25, 0.3) is 0 Å². The van der Waals surface area contributed by atoms with Gasteiger partial charge >= 0.3 is 12.0 Å². The van der Waals surface area contributed by atoms with E-state index in [0.717, 1.165) is 12.8 Å². The molecule has 1 aliphatic heterocycles. The molecule has 0 aromatic carbocycles. The van der Waals surface area contributed by atoms with E-state index in [1.54, 1.807) is 13.8 Å². The molecule has 3 N–H and O–H groups in total. The molecule has 2 aliphatic rings. The lowest BCUT2D eigenvalue weighted by molar-refractivity contribution is -0.141. The Morgan fingerprint density at radius 1 is 1.35 bits per heavy atom. The van der Waals surface area contributed by atoms with Gasteiger partial charge in [0.2, 0.25) is 5.91 Å². The molecule has 0 spiro atoms. The summed E-state index contributed by atoms with van der Waals surface area (Å²) in [4.78, 5) is 36.3. The average Bonchev–Trinajstić information content (AvgIpc) is 3.08. The van der Waals surface area contributed by atoms with Crippen LogP contribution in [0.4, 0.5) is 4.79 Å². The molecule has 3 unspecified atom stereocenters. The van der Waals surface area contributed by atoms with Crippen LogP contribution in [-0.4, -0.2) is 57.2 Å². The maximum absolute atomic E-state index is 12.1. The molecule has 0 aromatic heterocycles. The van der Waals surface area contributed by atoms with Crippen LogP contribution in [0.5, 0.6) is 0 Å². The number of nitrogens with one attached hydrogen (secondary N) is 2. The van der Waals surface area contributed by atoms with Gasteiger partial charge < -0.3 is 15.7 Å². The molecule has 2 fully saturated rings. The van der Waals surface area contributed by atoms with Gasteiger partial charge in [-0.15, -0.1) is 11.8 Å². The molecule has 1 aliphatic carbocycles. The highest BCUT2D eigenvalue weighted by molar-refractivity contribution is 8.00. The molecule has 8 heteroatoms. The number of rotatable bonds is 4. The van der Waals surface area contributed by atoms with Gasteiger partial charge in [0.15, 0.2) is 0 Å². The smallest absolute Gasteiger partial charge is 0.327 e. The van der Waals surface area contributed by atoms with E-state index >= 15 is 0 Å². The minimum absolute atomic E-state index is 0.213. The molecule has 0 aromatic rings. The Morgan fingerprint density at radius 3 is 2.55 bits per heavy atom. The van der Waals surface area contributed by atoms with Crippen molar-refractivity contribution in [2.24, 2.45) is 0 Å². The Bertz CT molecular complexity index is 427. The highest BCUT2D eigenvalue weighted by Gasteiger charge is 2.40. The Labute approximate surface area is 121 Å². The van der Waals surface area contributed by atoms with Crippen LogP contribution in [0.25, 0.3) is 0 Å². The largest absolute Gasteiger partial charge is 0.480 e. The zero-order valence-corrected chi connectivity index (χ0v) is 12.3. The van der Waals surface area contributed by atoms with Crippen LogP contribution in [0, 0.1) is 0 Å². The van der Waals surface area contributed by atoms with Gasteiger partial charge in [-0.2, -0.15) is 0 Å². The number of amides is 3. The molecular weight excluding hydrogens is 282 g/mol. The average molecular weight is 301 g/mol. The first-order valence-corrected chi connectivity index (χ1v) is 7.68. The van der Waals surface area contributed by atoms with Crippen molar-refractivity contribution >= 4 is 29.7 Å². The van der Waals surface area contributed by atoms with Crippen molar-refractivity contribution in [1.29, 1.82) is 0 Å². The molecule has 1 saturated heterocycles. The summed E-state index contributed by atoms with van der Waals surface area (Å²) in [6.07, 6.45) is 1.96. The van der Waals surface area contributed by atoms with E-state index in [0.29, 0.717) is 5.75 Å². The Hall–Kier alpha value is -1.44. The van der Waals surface area contributed by atoms with Gasteiger partial charge in [0, 0.05) is 11.8 Å². The minimum atomic E-state index is -1.02. The van der Waals surface area contributed by atoms with Crippen LogP contribution in [-0.2, 0) is 9.59 Å². The van der Waals surface area contributed by atoms with E-state index in [9.17, 15) is 14.4 Å².